The van der Waals surface area contributed by atoms with E-state index in [-0.39, 0.29) is 0 Å². The number of thiophene rings is 1. The van der Waals surface area contributed by atoms with Crippen LogP contribution in [-0.4, -0.2) is 22.9 Å². The maximum Gasteiger partial charge on any atom is 0.328 e. The summed E-state index contributed by atoms with van der Waals surface area (Å²) in [5.74, 6) is -2.35. The maximum absolute atomic E-state index is 11.8. The number of hydrogen-bond acceptors (Lipinski definition) is 4. The first-order valence-electron chi connectivity index (χ1n) is 7.15. The van der Waals surface area contributed by atoms with Gasteiger partial charge in [-0.25, -0.2) is 4.79 Å². The molecule has 1 aliphatic rings. The first-order chi connectivity index (χ1) is 10.5. The number of nitrogens with one attached hydrogen (secondary N) is 1. The molecule has 0 aromatic carbocycles. The Balaban J connectivity index is 2.30. The molecule has 0 spiro atoms. The lowest BCUT2D eigenvalue weighted by Crippen LogP contribution is -2.17. The second kappa shape index (κ2) is 7.22. The van der Waals surface area contributed by atoms with E-state index < -0.39 is 17.8 Å². The largest absolute Gasteiger partial charge is 0.478 e. The summed E-state index contributed by atoms with van der Waals surface area (Å²) in [7, 11) is 0. The van der Waals surface area contributed by atoms with E-state index in [4.69, 9.17) is 10.8 Å². The zero-order chi connectivity index (χ0) is 16.1. The van der Waals surface area contributed by atoms with Gasteiger partial charge < -0.3 is 16.2 Å². The SMILES string of the molecule is NC(=O)c1c(NC(=O)/C=C/C(=O)O)sc2c1CCCCCC2. The smallest absolute Gasteiger partial charge is 0.328 e. The van der Waals surface area contributed by atoms with Gasteiger partial charge in [0.25, 0.3) is 5.91 Å². The highest BCUT2D eigenvalue weighted by molar-refractivity contribution is 7.17. The number of aryl methyl sites for hydroxylation is 1. The Morgan fingerprint density at radius 1 is 1.09 bits per heavy atom. The molecule has 1 aliphatic carbocycles. The van der Waals surface area contributed by atoms with Crippen LogP contribution in [0.25, 0.3) is 0 Å². The number of carboxylic acids is 1. The predicted octanol–water partition coefficient (Wildman–Crippen LogP) is 2.09. The fourth-order valence-corrected chi connectivity index (χ4v) is 3.87. The number of nitrogens with two attached hydrogens (primary N) is 1. The van der Waals surface area contributed by atoms with Crippen molar-refractivity contribution in [3.63, 3.8) is 0 Å². The molecule has 0 aliphatic heterocycles. The number of anilines is 1. The summed E-state index contributed by atoms with van der Waals surface area (Å²) in [6, 6.07) is 0. The van der Waals surface area contributed by atoms with E-state index in [1.807, 2.05) is 0 Å². The monoisotopic (exact) mass is 322 g/mol. The lowest BCUT2D eigenvalue weighted by atomic mass is 9.96. The summed E-state index contributed by atoms with van der Waals surface area (Å²) < 4.78 is 0. The number of rotatable bonds is 4. The summed E-state index contributed by atoms with van der Waals surface area (Å²) in [5, 5.41) is 11.5. The minimum absolute atomic E-state index is 0.374. The van der Waals surface area contributed by atoms with Crippen LogP contribution < -0.4 is 11.1 Å². The summed E-state index contributed by atoms with van der Waals surface area (Å²) in [5.41, 5.74) is 6.79. The van der Waals surface area contributed by atoms with E-state index >= 15 is 0 Å². The summed E-state index contributed by atoms with van der Waals surface area (Å²) in [6.07, 6.45) is 7.66. The zero-order valence-electron chi connectivity index (χ0n) is 12.1. The van der Waals surface area contributed by atoms with Gasteiger partial charge >= 0.3 is 5.97 Å². The standard InChI is InChI=1S/C15H18N2O4S/c16-14(21)13-9-5-3-1-2-4-6-10(9)22-15(13)17-11(18)7-8-12(19)20/h7-8H,1-6H2,(H2,16,21)(H,17,18)(H,19,20)/b8-7+. The van der Waals surface area contributed by atoms with E-state index in [1.54, 1.807) is 0 Å². The highest BCUT2D eigenvalue weighted by Crippen LogP contribution is 2.36. The number of amides is 2. The third-order valence-electron chi connectivity index (χ3n) is 3.53. The van der Waals surface area contributed by atoms with Gasteiger partial charge in [-0.15, -0.1) is 11.3 Å². The topological polar surface area (TPSA) is 109 Å². The molecular weight excluding hydrogens is 304 g/mol. The lowest BCUT2D eigenvalue weighted by molar-refractivity contribution is -0.131. The molecule has 1 heterocycles. The third kappa shape index (κ3) is 3.94. The molecule has 1 aromatic heterocycles. The van der Waals surface area contributed by atoms with Gasteiger partial charge in [0.2, 0.25) is 5.91 Å². The zero-order valence-corrected chi connectivity index (χ0v) is 12.9. The molecule has 0 saturated heterocycles. The van der Waals surface area contributed by atoms with E-state index in [1.165, 1.54) is 11.3 Å². The van der Waals surface area contributed by atoms with Crippen molar-refractivity contribution >= 4 is 34.1 Å². The summed E-state index contributed by atoms with van der Waals surface area (Å²) in [4.78, 5) is 35.0. The number of carboxylic acid groups (broad SMARTS) is 1. The molecule has 0 atom stereocenters. The first-order valence-corrected chi connectivity index (χ1v) is 7.97. The molecule has 118 valence electrons. The molecule has 6 nitrogen and oxygen atoms in total. The van der Waals surface area contributed by atoms with Gasteiger partial charge in [-0.2, -0.15) is 0 Å². The van der Waals surface area contributed by atoms with Gasteiger partial charge in [0.1, 0.15) is 5.00 Å². The molecule has 2 rings (SSSR count). The molecule has 0 bridgehead atoms. The van der Waals surface area contributed by atoms with Gasteiger partial charge in [-0.05, 0) is 31.2 Å². The molecule has 7 heteroatoms. The van der Waals surface area contributed by atoms with Gasteiger partial charge in [0, 0.05) is 17.0 Å². The number of carbonyl (C=O) groups is 3. The summed E-state index contributed by atoms with van der Waals surface area (Å²) >= 11 is 1.36. The molecule has 0 saturated carbocycles. The van der Waals surface area contributed by atoms with E-state index in [2.05, 4.69) is 5.32 Å². The van der Waals surface area contributed by atoms with Crippen molar-refractivity contribution in [3.8, 4) is 0 Å². The van der Waals surface area contributed by atoms with Crippen molar-refractivity contribution in [2.45, 2.75) is 38.5 Å². The Hall–Kier alpha value is -2.15. The highest BCUT2D eigenvalue weighted by Gasteiger charge is 2.23. The molecule has 1 aromatic rings. The second-order valence-electron chi connectivity index (χ2n) is 5.15. The van der Waals surface area contributed by atoms with Crippen LogP contribution in [0, 0.1) is 0 Å². The third-order valence-corrected chi connectivity index (χ3v) is 4.74. The van der Waals surface area contributed by atoms with E-state index in [0.717, 1.165) is 61.1 Å². The fourth-order valence-electron chi connectivity index (χ4n) is 2.57. The minimum Gasteiger partial charge on any atom is -0.478 e. The van der Waals surface area contributed by atoms with Gasteiger partial charge in [-0.3, -0.25) is 9.59 Å². The molecule has 0 unspecified atom stereocenters. The van der Waals surface area contributed by atoms with Crippen LogP contribution in [0.2, 0.25) is 0 Å². The van der Waals surface area contributed by atoms with Crippen molar-refractivity contribution < 1.29 is 19.5 Å². The van der Waals surface area contributed by atoms with Crippen LogP contribution in [0.15, 0.2) is 12.2 Å². The van der Waals surface area contributed by atoms with Crippen LogP contribution in [0.1, 0.15) is 46.5 Å². The Bertz CT molecular complexity index is 634. The van der Waals surface area contributed by atoms with Crippen molar-refractivity contribution in [1.82, 2.24) is 0 Å². The van der Waals surface area contributed by atoms with Crippen LogP contribution in [0.4, 0.5) is 5.00 Å². The van der Waals surface area contributed by atoms with Crippen LogP contribution in [-0.2, 0) is 22.4 Å². The Morgan fingerprint density at radius 3 is 2.41 bits per heavy atom. The molecular formula is C15H18N2O4S. The van der Waals surface area contributed by atoms with Crippen molar-refractivity contribution in [2.24, 2.45) is 5.73 Å². The van der Waals surface area contributed by atoms with Gasteiger partial charge in [0.05, 0.1) is 5.56 Å². The van der Waals surface area contributed by atoms with Crippen molar-refractivity contribution in [3.05, 3.63) is 28.2 Å². The predicted molar refractivity (Wildman–Crippen MR) is 84.1 cm³/mol. The molecule has 2 amide bonds. The minimum atomic E-state index is -1.20. The Morgan fingerprint density at radius 2 is 1.77 bits per heavy atom. The second-order valence-corrected chi connectivity index (χ2v) is 6.25. The van der Waals surface area contributed by atoms with E-state index in [0.29, 0.717) is 10.6 Å². The number of hydrogen-bond donors (Lipinski definition) is 3. The van der Waals surface area contributed by atoms with Crippen molar-refractivity contribution in [1.29, 1.82) is 0 Å². The number of carbonyl (C=O) groups excluding carboxylic acids is 2. The molecule has 0 fully saturated rings. The Labute approximate surface area is 132 Å². The Kier molecular flexibility index (Phi) is 5.32. The van der Waals surface area contributed by atoms with Crippen LogP contribution in [0.3, 0.4) is 0 Å². The van der Waals surface area contributed by atoms with Crippen LogP contribution in [0.5, 0.6) is 0 Å². The highest BCUT2D eigenvalue weighted by atomic mass is 32.1. The van der Waals surface area contributed by atoms with Crippen molar-refractivity contribution in [2.75, 3.05) is 5.32 Å². The van der Waals surface area contributed by atoms with Crippen LogP contribution >= 0.6 is 11.3 Å². The lowest BCUT2D eigenvalue weighted by Gasteiger charge is -2.10. The first kappa shape index (κ1) is 16.2. The normalized spacial score (nSPS) is 14.9. The summed E-state index contributed by atoms with van der Waals surface area (Å²) in [6.45, 7) is 0. The van der Waals surface area contributed by atoms with E-state index in [9.17, 15) is 14.4 Å². The molecule has 4 N–H and O–H groups in total. The maximum atomic E-state index is 11.8. The average Bonchev–Trinajstić information content (AvgIpc) is 2.73. The van der Waals surface area contributed by atoms with Gasteiger partial charge in [0.15, 0.2) is 0 Å². The quantitative estimate of drug-likeness (QED) is 0.737. The number of fused-ring (bicyclic) bond motifs is 1. The number of aliphatic carboxylic acids is 1. The average molecular weight is 322 g/mol. The fraction of sp³-hybridized carbons (Fsp3) is 0.400. The number of primary amides is 1. The molecule has 22 heavy (non-hydrogen) atoms. The van der Waals surface area contributed by atoms with Gasteiger partial charge in [-0.1, -0.05) is 12.8 Å². The molecule has 0 radical (unpaired) electrons.